The van der Waals surface area contributed by atoms with Crippen molar-refractivity contribution in [2.45, 2.75) is 12.8 Å². The third-order valence-electron chi connectivity index (χ3n) is 4.85. The maximum absolute atomic E-state index is 12.2. The molecule has 0 aliphatic carbocycles. The molecule has 8 nitrogen and oxygen atoms in total. The van der Waals surface area contributed by atoms with Gasteiger partial charge in [-0.25, -0.2) is 15.0 Å². The van der Waals surface area contributed by atoms with Crippen molar-refractivity contribution in [1.29, 1.82) is 0 Å². The molecular weight excluding hydrogens is 394 g/mol. The van der Waals surface area contributed by atoms with Crippen molar-refractivity contribution < 1.29 is 14.3 Å². The summed E-state index contributed by atoms with van der Waals surface area (Å²) in [5.74, 6) is 1.11. The number of nitrogens with zero attached hydrogens (tertiary/aromatic N) is 4. The molecule has 0 saturated carbocycles. The average Bonchev–Trinajstić information content (AvgIpc) is 3.26. The third kappa shape index (κ3) is 5.04. The molecule has 4 aromatic rings. The van der Waals surface area contributed by atoms with Crippen LogP contribution in [0, 0.1) is 0 Å². The molecule has 0 atom stereocenters. The smallest absolute Gasteiger partial charge is 0.227 e. The van der Waals surface area contributed by atoms with Gasteiger partial charge >= 0.3 is 0 Å². The fraction of sp³-hybridized carbons (Fsp3) is 0.217. The molecule has 1 N–H and O–H groups in total. The summed E-state index contributed by atoms with van der Waals surface area (Å²) in [6.07, 6.45) is 10.7. The van der Waals surface area contributed by atoms with E-state index in [9.17, 15) is 4.79 Å². The van der Waals surface area contributed by atoms with Gasteiger partial charge in [0.05, 0.1) is 12.8 Å². The van der Waals surface area contributed by atoms with Crippen LogP contribution in [0.3, 0.4) is 0 Å². The quantitative estimate of drug-likeness (QED) is 0.417. The number of aryl methyl sites for hydroxylation is 2. The monoisotopic (exact) mass is 417 g/mol. The van der Waals surface area contributed by atoms with E-state index in [-0.39, 0.29) is 12.4 Å². The third-order valence-corrected chi connectivity index (χ3v) is 4.85. The highest BCUT2D eigenvalue weighted by Crippen LogP contribution is 2.20. The standard InChI is InChI=1S/C23H23N5O3/c1-30-15-21(29)18-9-16(10-20(11-18)31-2)3-4-17-12-25-23(26-13-17)27-19-5-6-22-24-7-8-28(22)14-19/h5-14H,3-4,15H2,1-2H3,(H,25,26,27). The lowest BCUT2D eigenvalue weighted by atomic mass is 10.0. The van der Waals surface area contributed by atoms with Crippen molar-refractivity contribution in [3.05, 3.63) is 78.0 Å². The van der Waals surface area contributed by atoms with Crippen LogP contribution in [-0.2, 0) is 17.6 Å². The first-order chi connectivity index (χ1) is 15.1. The van der Waals surface area contributed by atoms with E-state index in [0.29, 0.717) is 17.3 Å². The molecule has 0 bridgehead atoms. The van der Waals surface area contributed by atoms with E-state index in [1.54, 1.807) is 19.4 Å². The molecular formula is C23H23N5O3. The van der Waals surface area contributed by atoms with E-state index in [4.69, 9.17) is 9.47 Å². The van der Waals surface area contributed by atoms with E-state index >= 15 is 0 Å². The van der Waals surface area contributed by atoms with Gasteiger partial charge in [-0.2, -0.15) is 0 Å². The highest BCUT2D eigenvalue weighted by Gasteiger charge is 2.10. The second-order valence-electron chi connectivity index (χ2n) is 7.08. The Morgan fingerprint density at radius 2 is 1.84 bits per heavy atom. The topological polar surface area (TPSA) is 90.6 Å². The van der Waals surface area contributed by atoms with Gasteiger partial charge in [0.1, 0.15) is 18.0 Å². The van der Waals surface area contributed by atoms with Gasteiger partial charge in [-0.1, -0.05) is 0 Å². The zero-order valence-corrected chi connectivity index (χ0v) is 17.4. The van der Waals surface area contributed by atoms with E-state index in [1.165, 1.54) is 7.11 Å². The fourth-order valence-corrected chi connectivity index (χ4v) is 3.26. The van der Waals surface area contributed by atoms with Crippen LogP contribution < -0.4 is 10.1 Å². The van der Waals surface area contributed by atoms with Crippen LogP contribution in [0.2, 0.25) is 0 Å². The molecule has 0 aliphatic heterocycles. The molecule has 31 heavy (non-hydrogen) atoms. The zero-order chi connectivity index (χ0) is 21.6. The Morgan fingerprint density at radius 1 is 1.03 bits per heavy atom. The number of nitrogens with one attached hydrogen (secondary N) is 1. The fourth-order valence-electron chi connectivity index (χ4n) is 3.26. The molecule has 8 heteroatoms. The number of methoxy groups -OCH3 is 2. The summed E-state index contributed by atoms with van der Waals surface area (Å²) in [6.45, 7) is 0.0443. The molecule has 3 heterocycles. The van der Waals surface area contributed by atoms with Gasteiger partial charge in [-0.3, -0.25) is 4.79 Å². The number of imidazole rings is 1. The molecule has 0 saturated heterocycles. The molecule has 4 rings (SSSR count). The second kappa shape index (κ2) is 9.36. The van der Waals surface area contributed by atoms with Crippen LogP contribution >= 0.6 is 0 Å². The van der Waals surface area contributed by atoms with Crippen molar-refractivity contribution >= 4 is 23.1 Å². The van der Waals surface area contributed by atoms with Crippen molar-refractivity contribution in [1.82, 2.24) is 19.4 Å². The Balaban J connectivity index is 1.41. The number of carbonyl (C=O) groups is 1. The average molecular weight is 417 g/mol. The van der Waals surface area contributed by atoms with Crippen LogP contribution in [0.5, 0.6) is 5.75 Å². The number of fused-ring (bicyclic) bond motifs is 1. The minimum absolute atomic E-state index is 0.0443. The number of rotatable bonds is 9. The molecule has 0 radical (unpaired) electrons. The number of hydrogen-bond acceptors (Lipinski definition) is 7. The number of hydrogen-bond donors (Lipinski definition) is 1. The van der Waals surface area contributed by atoms with Crippen molar-refractivity contribution in [2.24, 2.45) is 0 Å². The summed E-state index contributed by atoms with van der Waals surface area (Å²) < 4.78 is 12.2. The van der Waals surface area contributed by atoms with E-state index in [2.05, 4.69) is 20.3 Å². The molecule has 0 fully saturated rings. The maximum Gasteiger partial charge on any atom is 0.227 e. The summed E-state index contributed by atoms with van der Waals surface area (Å²) in [5.41, 5.74) is 4.36. The Morgan fingerprint density at radius 3 is 2.61 bits per heavy atom. The van der Waals surface area contributed by atoms with Gasteiger partial charge < -0.3 is 19.2 Å². The minimum atomic E-state index is -0.0738. The first-order valence-corrected chi connectivity index (χ1v) is 9.85. The molecule has 0 amide bonds. The second-order valence-corrected chi connectivity index (χ2v) is 7.08. The number of aromatic nitrogens is 4. The number of ketones is 1. The number of pyridine rings is 1. The van der Waals surface area contributed by atoms with Crippen LogP contribution in [0.25, 0.3) is 5.65 Å². The SMILES string of the molecule is COCC(=O)c1cc(CCc2cnc(Nc3ccc4nccn4c3)nc2)cc(OC)c1. The van der Waals surface area contributed by atoms with Crippen LogP contribution in [0.1, 0.15) is 21.5 Å². The van der Waals surface area contributed by atoms with E-state index < -0.39 is 0 Å². The Bertz CT molecular complexity index is 1190. The Kier molecular flexibility index (Phi) is 6.18. The lowest BCUT2D eigenvalue weighted by molar-refractivity contribution is 0.0847. The normalized spacial score (nSPS) is 10.9. The summed E-state index contributed by atoms with van der Waals surface area (Å²) in [5, 5.41) is 3.20. The Hall–Kier alpha value is -3.78. The summed E-state index contributed by atoms with van der Waals surface area (Å²) >= 11 is 0. The lowest BCUT2D eigenvalue weighted by Gasteiger charge is -2.09. The largest absolute Gasteiger partial charge is 0.497 e. The van der Waals surface area contributed by atoms with Gasteiger partial charge in [-0.15, -0.1) is 0 Å². The number of ether oxygens (including phenoxy) is 2. The summed E-state index contributed by atoms with van der Waals surface area (Å²) in [4.78, 5) is 25.2. The van der Waals surface area contributed by atoms with Gasteiger partial charge in [0.25, 0.3) is 0 Å². The lowest BCUT2D eigenvalue weighted by Crippen LogP contribution is -2.08. The first kappa shape index (κ1) is 20.5. The molecule has 158 valence electrons. The number of benzene rings is 1. The van der Waals surface area contributed by atoms with Gasteiger partial charge in [-0.05, 0) is 54.3 Å². The molecule has 0 aliphatic rings. The van der Waals surface area contributed by atoms with Crippen molar-refractivity contribution in [2.75, 3.05) is 26.1 Å². The molecule has 3 aromatic heterocycles. The Labute approximate surface area is 179 Å². The summed E-state index contributed by atoms with van der Waals surface area (Å²) in [7, 11) is 3.10. The van der Waals surface area contributed by atoms with Crippen LogP contribution in [0.4, 0.5) is 11.6 Å². The zero-order valence-electron chi connectivity index (χ0n) is 17.4. The van der Waals surface area contributed by atoms with Gasteiger partial charge in [0.2, 0.25) is 5.95 Å². The number of Topliss-reactive ketones (excluding diaryl/α,β-unsaturated/α-hetero) is 1. The van der Waals surface area contributed by atoms with Crippen LogP contribution in [-0.4, -0.2) is 46.0 Å². The number of anilines is 2. The van der Waals surface area contributed by atoms with Crippen LogP contribution in [0.15, 0.2) is 61.3 Å². The predicted octanol–water partition coefficient (Wildman–Crippen LogP) is 3.49. The first-order valence-electron chi connectivity index (χ1n) is 9.85. The van der Waals surface area contributed by atoms with Gasteiger partial charge in [0, 0.05) is 43.7 Å². The van der Waals surface area contributed by atoms with E-state index in [1.807, 2.05) is 53.5 Å². The van der Waals surface area contributed by atoms with E-state index in [0.717, 1.165) is 35.3 Å². The highest BCUT2D eigenvalue weighted by molar-refractivity contribution is 5.97. The van der Waals surface area contributed by atoms with Crippen molar-refractivity contribution in [3.8, 4) is 5.75 Å². The van der Waals surface area contributed by atoms with Crippen molar-refractivity contribution in [3.63, 3.8) is 0 Å². The number of carbonyl (C=O) groups excluding carboxylic acids is 1. The molecule has 0 unspecified atom stereocenters. The maximum atomic E-state index is 12.2. The minimum Gasteiger partial charge on any atom is -0.497 e. The highest BCUT2D eigenvalue weighted by atomic mass is 16.5. The molecule has 1 aromatic carbocycles. The van der Waals surface area contributed by atoms with Gasteiger partial charge in [0.15, 0.2) is 5.78 Å². The molecule has 0 spiro atoms. The predicted molar refractivity (Wildman–Crippen MR) is 117 cm³/mol. The summed E-state index contributed by atoms with van der Waals surface area (Å²) in [6, 6.07) is 9.41.